The number of benzene rings is 5. The first-order valence-electron chi connectivity index (χ1n) is 13.0. The number of hydrogen-bond acceptors (Lipinski definition) is 1. The second-order valence-corrected chi connectivity index (χ2v) is 11.2. The van der Waals surface area contributed by atoms with Crippen LogP contribution in [0.2, 0.25) is 5.02 Å². The second kappa shape index (κ2) is 10.8. The molecule has 0 amide bonds. The van der Waals surface area contributed by atoms with Crippen LogP contribution in [-0.2, 0) is 18.3 Å². The minimum absolute atomic E-state index is 0.0157. The van der Waals surface area contributed by atoms with Gasteiger partial charge in [-0.2, -0.15) is 0 Å². The molecule has 0 aromatic heterocycles. The van der Waals surface area contributed by atoms with Crippen molar-refractivity contribution in [3.8, 4) is 0 Å². The van der Waals surface area contributed by atoms with E-state index < -0.39 is 0 Å². The summed E-state index contributed by atoms with van der Waals surface area (Å²) >= 11 is 10.3. The molecule has 0 atom stereocenters. The molecule has 0 unspecified atom stereocenters. The molecule has 1 heterocycles. The van der Waals surface area contributed by atoms with Crippen molar-refractivity contribution in [1.29, 1.82) is 0 Å². The van der Waals surface area contributed by atoms with Crippen LogP contribution in [0.3, 0.4) is 0 Å². The van der Waals surface area contributed by atoms with Gasteiger partial charge < -0.3 is 0 Å². The van der Waals surface area contributed by atoms with Crippen molar-refractivity contribution in [3.05, 3.63) is 172 Å². The zero-order chi connectivity index (χ0) is 26.0. The molecule has 5 aromatic rings. The van der Waals surface area contributed by atoms with Crippen LogP contribution in [-0.4, -0.2) is 20.1 Å². The van der Waals surface area contributed by atoms with E-state index in [1.807, 2.05) is 6.07 Å². The Bertz CT molecular complexity index is 1450. The fourth-order valence-corrected chi connectivity index (χ4v) is 7.00. The van der Waals surface area contributed by atoms with Crippen molar-refractivity contribution in [3.63, 3.8) is 0 Å². The van der Waals surface area contributed by atoms with Crippen molar-refractivity contribution >= 4 is 37.4 Å². The maximum absolute atomic E-state index is 6.73. The van der Waals surface area contributed by atoms with Crippen LogP contribution in [0, 0.1) is 0 Å². The molecule has 186 valence electrons. The molecule has 0 saturated heterocycles. The van der Waals surface area contributed by atoms with E-state index >= 15 is 0 Å². The average Bonchev–Trinajstić information content (AvgIpc) is 3.18. The number of hydrogen-bond donors (Lipinski definition) is 0. The third-order valence-corrected chi connectivity index (χ3v) is 9.02. The van der Waals surface area contributed by atoms with Crippen LogP contribution in [0.1, 0.15) is 33.9 Å². The van der Waals surface area contributed by atoms with Gasteiger partial charge in [0, 0.05) is 0 Å². The molecule has 38 heavy (non-hydrogen) atoms. The second-order valence-electron chi connectivity index (χ2n) is 9.97. The first-order chi connectivity index (χ1) is 18.7. The van der Waals surface area contributed by atoms with Gasteiger partial charge in [-0.1, -0.05) is 0 Å². The zero-order valence-electron chi connectivity index (χ0n) is 21.0. The maximum atomic E-state index is 6.73. The van der Waals surface area contributed by atoms with Crippen molar-refractivity contribution in [1.82, 2.24) is 0 Å². The molecule has 0 spiro atoms. The molecule has 1 aliphatic rings. The van der Waals surface area contributed by atoms with E-state index in [0.717, 1.165) is 17.9 Å². The van der Waals surface area contributed by atoms with Gasteiger partial charge in [-0.25, -0.2) is 0 Å². The molecule has 1 aliphatic heterocycles. The third kappa shape index (κ3) is 4.65. The van der Waals surface area contributed by atoms with Crippen LogP contribution in [0.15, 0.2) is 140 Å². The Balaban J connectivity index is 1.58. The molecule has 0 bridgehead atoms. The summed E-state index contributed by atoms with van der Waals surface area (Å²) in [7, 11) is 0. The average molecular weight is 577 g/mol. The quantitative estimate of drug-likeness (QED) is 0.178. The Labute approximate surface area is 238 Å². The zero-order valence-corrected chi connectivity index (χ0v) is 23.5. The normalized spacial score (nSPS) is 14.1. The van der Waals surface area contributed by atoms with Gasteiger partial charge in [0.15, 0.2) is 0 Å². The number of nitrogens with zero attached hydrogens (tertiary/aromatic N) is 1. The molecule has 0 aliphatic carbocycles. The van der Waals surface area contributed by atoms with Gasteiger partial charge in [0.2, 0.25) is 0 Å². The van der Waals surface area contributed by atoms with Crippen LogP contribution in [0.25, 0.3) is 0 Å². The molecule has 0 saturated carbocycles. The van der Waals surface area contributed by atoms with Crippen molar-refractivity contribution < 1.29 is 0 Å². The van der Waals surface area contributed by atoms with Crippen LogP contribution < -0.4 is 4.90 Å². The van der Waals surface area contributed by atoms with E-state index in [2.05, 4.69) is 154 Å². The molecule has 5 aromatic carbocycles. The Hall–Kier alpha value is -3.42. The van der Waals surface area contributed by atoms with Gasteiger partial charge in [-0.3, -0.25) is 0 Å². The molecular formula is C35H28ClNSe. The Morgan fingerprint density at radius 2 is 1.05 bits per heavy atom. The number of anilines is 1. The fraction of sp³-hybridized carbons (Fsp3) is 0.114. The van der Waals surface area contributed by atoms with Gasteiger partial charge in [-0.05, 0) is 0 Å². The van der Waals surface area contributed by atoms with Crippen LogP contribution in [0.4, 0.5) is 5.69 Å². The van der Waals surface area contributed by atoms with Gasteiger partial charge in [0.25, 0.3) is 0 Å². The first-order valence-corrected chi connectivity index (χ1v) is 14.2. The van der Waals surface area contributed by atoms with Gasteiger partial charge in [-0.15, -0.1) is 0 Å². The molecule has 0 fully saturated rings. The van der Waals surface area contributed by atoms with Gasteiger partial charge >= 0.3 is 239 Å². The number of halogens is 1. The molecule has 0 N–H and O–H groups in total. The summed E-state index contributed by atoms with van der Waals surface area (Å²) < 4.78 is 1.22. The van der Waals surface area contributed by atoms with E-state index in [1.54, 1.807) is 0 Å². The van der Waals surface area contributed by atoms with Gasteiger partial charge in [0.05, 0.1) is 0 Å². The molecule has 1 nitrogen and oxygen atoms in total. The van der Waals surface area contributed by atoms with E-state index in [0.29, 0.717) is 0 Å². The topological polar surface area (TPSA) is 3.24 Å². The van der Waals surface area contributed by atoms with Crippen molar-refractivity contribution in [2.45, 2.75) is 24.3 Å². The molecular weight excluding hydrogens is 549 g/mol. The van der Waals surface area contributed by atoms with Crippen LogP contribution in [0.5, 0.6) is 0 Å². The number of rotatable bonds is 7. The SMILES string of the molecule is Clc1ccc2c(c1)C(Cc1ccccc1)(Cc1ccccc1)C(=[Se])N2C(c1ccccc1)c1ccccc1. The summed E-state index contributed by atoms with van der Waals surface area (Å²) in [5.74, 6) is 0. The summed E-state index contributed by atoms with van der Waals surface area (Å²) in [5, 5.41) is 0.764. The van der Waals surface area contributed by atoms with E-state index in [4.69, 9.17) is 11.6 Å². The van der Waals surface area contributed by atoms with Crippen LogP contribution >= 0.6 is 11.6 Å². The predicted molar refractivity (Wildman–Crippen MR) is 161 cm³/mol. The summed E-state index contributed by atoms with van der Waals surface area (Å²) in [6.07, 6.45) is 1.73. The molecule has 6 rings (SSSR count). The summed E-state index contributed by atoms with van der Waals surface area (Å²) in [5.41, 5.74) is 7.28. The summed E-state index contributed by atoms with van der Waals surface area (Å²) in [6.45, 7) is 0. The molecule has 3 heteroatoms. The van der Waals surface area contributed by atoms with Crippen molar-refractivity contribution in [2.75, 3.05) is 4.90 Å². The van der Waals surface area contributed by atoms with E-state index in [1.165, 1.54) is 38.0 Å². The monoisotopic (exact) mass is 577 g/mol. The number of fused-ring (bicyclic) bond motifs is 1. The minimum atomic E-state index is -0.301. The van der Waals surface area contributed by atoms with Gasteiger partial charge in [0.1, 0.15) is 0 Å². The van der Waals surface area contributed by atoms with E-state index in [-0.39, 0.29) is 11.5 Å². The Morgan fingerprint density at radius 3 is 1.53 bits per heavy atom. The Kier molecular flexibility index (Phi) is 7.04. The van der Waals surface area contributed by atoms with Crippen molar-refractivity contribution in [2.24, 2.45) is 0 Å². The Morgan fingerprint density at radius 1 is 0.605 bits per heavy atom. The predicted octanol–water partition coefficient (Wildman–Crippen LogP) is 7.97. The summed E-state index contributed by atoms with van der Waals surface area (Å²) in [4.78, 5) is 2.52. The first kappa shape index (κ1) is 24.9. The third-order valence-electron chi connectivity index (χ3n) is 7.55. The molecule has 0 radical (unpaired) electrons. The fourth-order valence-electron chi connectivity index (χ4n) is 5.87. The summed E-state index contributed by atoms with van der Waals surface area (Å²) in [6, 6.07) is 49.7. The standard InChI is InChI=1S/C35H28ClNSe/c36-30-21-22-32-31(23-30)35(24-26-13-5-1-6-14-26,25-27-15-7-2-8-16-27)34(38)37(32)33(28-17-9-3-10-18-28)29-19-11-4-12-20-29/h1-23,33H,24-25H2. The van der Waals surface area contributed by atoms with E-state index in [9.17, 15) is 0 Å².